The molecule has 2 N–H and O–H groups in total. The molecule has 2 heterocycles. The fourth-order valence-corrected chi connectivity index (χ4v) is 2.63. The molecule has 0 radical (unpaired) electrons. The number of benzene rings is 1. The molecule has 3 rings (SSSR count). The normalized spacial score (nSPS) is 16.3. The molecule has 1 aliphatic heterocycles. The lowest BCUT2D eigenvalue weighted by atomic mass is 10.2. The molecule has 4 nitrogen and oxygen atoms in total. The van der Waals surface area contributed by atoms with E-state index in [0.29, 0.717) is 22.9 Å². The van der Waals surface area contributed by atoms with Gasteiger partial charge in [0.15, 0.2) is 11.6 Å². The average Bonchev–Trinajstić information content (AvgIpc) is 3.09. The van der Waals surface area contributed by atoms with Crippen molar-refractivity contribution in [2.75, 3.05) is 25.4 Å². The molecular formula is C15H17F2N3O. The van der Waals surface area contributed by atoms with E-state index in [1.54, 1.807) is 0 Å². The highest BCUT2D eigenvalue weighted by molar-refractivity contribution is 6.07. The van der Waals surface area contributed by atoms with Gasteiger partial charge in [0.25, 0.3) is 6.43 Å². The average molecular weight is 293 g/mol. The lowest BCUT2D eigenvalue weighted by molar-refractivity contribution is 0.158. The predicted octanol–water partition coefficient (Wildman–Crippen LogP) is 3.12. The summed E-state index contributed by atoms with van der Waals surface area (Å²) in [5, 5.41) is 0.788. The number of rotatable bonds is 3. The van der Waals surface area contributed by atoms with Crippen molar-refractivity contribution in [1.29, 1.82) is 0 Å². The zero-order valence-electron chi connectivity index (χ0n) is 11.6. The van der Waals surface area contributed by atoms with E-state index >= 15 is 0 Å². The topological polar surface area (TPSA) is 54.8 Å². The van der Waals surface area contributed by atoms with E-state index in [2.05, 4.69) is 4.99 Å². The fourth-order valence-electron chi connectivity index (χ4n) is 2.63. The van der Waals surface area contributed by atoms with Crippen LogP contribution in [0.15, 0.2) is 33.7 Å². The second kappa shape index (κ2) is 5.71. The molecule has 21 heavy (non-hydrogen) atoms. The first kappa shape index (κ1) is 13.9. The Morgan fingerprint density at radius 3 is 2.67 bits per heavy atom. The molecule has 112 valence electrons. The van der Waals surface area contributed by atoms with Crippen LogP contribution >= 0.6 is 0 Å². The SMILES string of the molecule is Nc1c(C(=NCC(F)F)N2CCCC2)oc2ccccc12. The number of amidine groups is 1. The second-order valence-corrected chi connectivity index (χ2v) is 5.09. The van der Waals surface area contributed by atoms with Crippen LogP contribution < -0.4 is 5.73 Å². The van der Waals surface area contributed by atoms with Crippen molar-refractivity contribution in [1.82, 2.24) is 4.90 Å². The number of hydrogen-bond donors (Lipinski definition) is 1. The van der Waals surface area contributed by atoms with Gasteiger partial charge in [-0.3, -0.25) is 4.99 Å². The Kier molecular flexibility index (Phi) is 3.77. The Hall–Kier alpha value is -2.11. The van der Waals surface area contributed by atoms with Crippen molar-refractivity contribution >= 4 is 22.5 Å². The van der Waals surface area contributed by atoms with Crippen LogP contribution in [0.3, 0.4) is 0 Å². The first-order valence-electron chi connectivity index (χ1n) is 7.01. The molecule has 1 aromatic heterocycles. The predicted molar refractivity (Wildman–Crippen MR) is 78.8 cm³/mol. The number of aliphatic imine (C=N–C) groups is 1. The molecule has 2 aromatic rings. The van der Waals surface area contributed by atoms with Crippen LogP contribution in [0.5, 0.6) is 0 Å². The molecule has 1 saturated heterocycles. The highest BCUT2D eigenvalue weighted by Gasteiger charge is 2.24. The van der Waals surface area contributed by atoms with Crippen molar-refractivity contribution < 1.29 is 13.2 Å². The van der Waals surface area contributed by atoms with E-state index in [0.717, 1.165) is 31.3 Å². The van der Waals surface area contributed by atoms with Crippen LogP contribution in [-0.2, 0) is 0 Å². The van der Waals surface area contributed by atoms with Crippen LogP contribution in [0.4, 0.5) is 14.5 Å². The summed E-state index contributed by atoms with van der Waals surface area (Å²) in [5.41, 5.74) is 7.24. The highest BCUT2D eigenvalue weighted by atomic mass is 19.3. The molecule has 1 aliphatic rings. The van der Waals surface area contributed by atoms with Gasteiger partial charge in [-0.05, 0) is 25.0 Å². The molecule has 0 atom stereocenters. The van der Waals surface area contributed by atoms with Gasteiger partial charge in [0.1, 0.15) is 12.1 Å². The fraction of sp³-hybridized carbons (Fsp3) is 0.400. The quantitative estimate of drug-likeness (QED) is 0.698. The number of alkyl halides is 2. The van der Waals surface area contributed by atoms with Gasteiger partial charge in [0.2, 0.25) is 0 Å². The molecular weight excluding hydrogens is 276 g/mol. The number of nitrogens with two attached hydrogens (primary N) is 1. The van der Waals surface area contributed by atoms with Gasteiger partial charge in [0.05, 0.1) is 5.69 Å². The van der Waals surface area contributed by atoms with Gasteiger partial charge in [-0.2, -0.15) is 0 Å². The molecule has 6 heteroatoms. The number of likely N-dealkylation sites (tertiary alicyclic amines) is 1. The minimum atomic E-state index is -2.48. The Morgan fingerprint density at radius 2 is 2.00 bits per heavy atom. The number of fused-ring (bicyclic) bond motifs is 1. The van der Waals surface area contributed by atoms with Crippen molar-refractivity contribution in [2.45, 2.75) is 19.3 Å². The van der Waals surface area contributed by atoms with E-state index < -0.39 is 13.0 Å². The molecule has 0 saturated carbocycles. The summed E-state index contributed by atoms with van der Waals surface area (Å²) in [4.78, 5) is 6.02. The number of hydrogen-bond acceptors (Lipinski definition) is 3. The monoisotopic (exact) mass is 293 g/mol. The molecule has 0 bridgehead atoms. The van der Waals surface area contributed by atoms with Crippen LogP contribution in [0.2, 0.25) is 0 Å². The number of anilines is 1. The molecule has 1 aromatic carbocycles. The van der Waals surface area contributed by atoms with Crippen molar-refractivity contribution in [3.05, 3.63) is 30.0 Å². The van der Waals surface area contributed by atoms with E-state index in [1.807, 2.05) is 29.2 Å². The van der Waals surface area contributed by atoms with Gasteiger partial charge in [-0.1, -0.05) is 12.1 Å². The molecule has 0 unspecified atom stereocenters. The summed E-state index contributed by atoms with van der Waals surface area (Å²) in [6.07, 6.45) is -0.435. The van der Waals surface area contributed by atoms with Crippen molar-refractivity contribution in [3.8, 4) is 0 Å². The van der Waals surface area contributed by atoms with Crippen LogP contribution in [0, 0.1) is 0 Å². The largest absolute Gasteiger partial charge is 0.451 e. The first-order valence-corrected chi connectivity index (χ1v) is 7.01. The lowest BCUT2D eigenvalue weighted by Crippen LogP contribution is -2.29. The van der Waals surface area contributed by atoms with Crippen molar-refractivity contribution in [3.63, 3.8) is 0 Å². The number of para-hydroxylation sites is 1. The van der Waals surface area contributed by atoms with Crippen molar-refractivity contribution in [2.24, 2.45) is 4.99 Å². The zero-order valence-corrected chi connectivity index (χ0v) is 11.6. The van der Waals surface area contributed by atoms with E-state index in [9.17, 15) is 8.78 Å². The van der Waals surface area contributed by atoms with Gasteiger partial charge in [-0.15, -0.1) is 0 Å². The second-order valence-electron chi connectivity index (χ2n) is 5.09. The summed E-state index contributed by atoms with van der Waals surface area (Å²) < 4.78 is 30.8. The summed E-state index contributed by atoms with van der Waals surface area (Å²) in [5.74, 6) is 0.847. The standard InChI is InChI=1S/C15H17F2N3O/c16-12(17)9-19-15(20-7-3-4-8-20)14-13(18)10-5-1-2-6-11(10)21-14/h1-2,5-6,12H,3-4,7-9,18H2. The van der Waals surface area contributed by atoms with E-state index in [1.165, 1.54) is 0 Å². The maximum Gasteiger partial charge on any atom is 0.257 e. The van der Waals surface area contributed by atoms with Crippen LogP contribution in [0.1, 0.15) is 18.6 Å². The smallest absolute Gasteiger partial charge is 0.257 e. The number of furan rings is 1. The van der Waals surface area contributed by atoms with Crippen LogP contribution in [0.25, 0.3) is 11.0 Å². The first-order chi connectivity index (χ1) is 10.2. The van der Waals surface area contributed by atoms with Gasteiger partial charge >= 0.3 is 0 Å². The zero-order chi connectivity index (χ0) is 14.8. The minimum Gasteiger partial charge on any atom is -0.451 e. The third-order valence-corrected chi connectivity index (χ3v) is 3.62. The molecule has 1 fully saturated rings. The van der Waals surface area contributed by atoms with Gasteiger partial charge in [0, 0.05) is 18.5 Å². The van der Waals surface area contributed by atoms with E-state index in [-0.39, 0.29) is 0 Å². The Balaban J connectivity index is 2.04. The summed E-state index contributed by atoms with van der Waals surface area (Å²) >= 11 is 0. The minimum absolute atomic E-state index is 0.402. The Bertz CT molecular complexity index is 660. The number of halogens is 2. The van der Waals surface area contributed by atoms with E-state index in [4.69, 9.17) is 10.2 Å². The third-order valence-electron chi connectivity index (χ3n) is 3.62. The van der Waals surface area contributed by atoms with Gasteiger partial charge in [-0.25, -0.2) is 8.78 Å². The molecule has 0 aliphatic carbocycles. The maximum absolute atomic E-state index is 12.5. The molecule has 0 amide bonds. The Labute approximate surface area is 121 Å². The highest BCUT2D eigenvalue weighted by Crippen LogP contribution is 2.30. The molecule has 0 spiro atoms. The maximum atomic E-state index is 12.5. The summed E-state index contributed by atoms with van der Waals surface area (Å²) in [6.45, 7) is 1.04. The van der Waals surface area contributed by atoms with Crippen LogP contribution in [-0.4, -0.2) is 36.8 Å². The third kappa shape index (κ3) is 2.70. The number of nitrogens with zero attached hydrogens (tertiary/aromatic N) is 2. The lowest BCUT2D eigenvalue weighted by Gasteiger charge is -2.18. The summed E-state index contributed by atoms with van der Waals surface area (Å²) in [6, 6.07) is 7.38. The van der Waals surface area contributed by atoms with Gasteiger partial charge < -0.3 is 15.1 Å². The number of nitrogen functional groups attached to an aromatic ring is 1. The Morgan fingerprint density at radius 1 is 1.29 bits per heavy atom. The summed E-state index contributed by atoms with van der Waals surface area (Å²) in [7, 11) is 0.